The molecule has 2 N–H and O–H groups in total. The van der Waals surface area contributed by atoms with Gasteiger partial charge >= 0.3 is 0 Å². The number of hydrogen-bond acceptors (Lipinski definition) is 4. The van der Waals surface area contributed by atoms with E-state index in [1.807, 2.05) is 22.4 Å². The van der Waals surface area contributed by atoms with Gasteiger partial charge in [0.2, 0.25) is 5.91 Å². The Morgan fingerprint density at radius 2 is 2.50 bits per heavy atom. The molecule has 5 heteroatoms. The number of ether oxygens (including phenoxy) is 1. The van der Waals surface area contributed by atoms with Gasteiger partial charge in [0.25, 0.3) is 0 Å². The Hall–Kier alpha value is -0.910. The SMILES string of the molecule is CO[C@@H]1CCN(C(=O)Cc2cccs2)[C@H](CN)C1. The first-order valence-electron chi connectivity index (χ1n) is 6.29. The lowest BCUT2D eigenvalue weighted by Crippen LogP contribution is -2.51. The van der Waals surface area contributed by atoms with Gasteiger partial charge in [-0.2, -0.15) is 0 Å². The maximum absolute atomic E-state index is 12.3. The summed E-state index contributed by atoms with van der Waals surface area (Å²) in [5.41, 5.74) is 5.77. The fraction of sp³-hybridized carbons (Fsp3) is 0.615. The largest absolute Gasteiger partial charge is 0.381 e. The summed E-state index contributed by atoms with van der Waals surface area (Å²) in [6.07, 6.45) is 2.49. The van der Waals surface area contributed by atoms with E-state index >= 15 is 0 Å². The van der Waals surface area contributed by atoms with Crippen LogP contribution in [-0.2, 0) is 16.0 Å². The van der Waals surface area contributed by atoms with Crippen LogP contribution in [0, 0.1) is 0 Å². The molecular formula is C13H20N2O2S. The molecule has 2 heterocycles. The quantitative estimate of drug-likeness (QED) is 0.894. The van der Waals surface area contributed by atoms with Crippen molar-refractivity contribution >= 4 is 17.2 Å². The normalized spacial score (nSPS) is 24.2. The molecule has 4 nitrogen and oxygen atoms in total. The summed E-state index contributed by atoms with van der Waals surface area (Å²) < 4.78 is 5.37. The van der Waals surface area contributed by atoms with E-state index in [-0.39, 0.29) is 18.1 Å². The summed E-state index contributed by atoms with van der Waals surface area (Å²) in [6.45, 7) is 1.26. The van der Waals surface area contributed by atoms with Gasteiger partial charge in [-0.25, -0.2) is 0 Å². The molecule has 1 saturated heterocycles. The topological polar surface area (TPSA) is 55.6 Å². The number of carbonyl (C=O) groups is 1. The number of hydrogen-bond donors (Lipinski definition) is 1. The second kappa shape index (κ2) is 6.31. The zero-order valence-corrected chi connectivity index (χ0v) is 11.5. The molecule has 1 aromatic heterocycles. The van der Waals surface area contributed by atoms with E-state index in [4.69, 9.17) is 10.5 Å². The molecule has 2 atom stereocenters. The van der Waals surface area contributed by atoms with Crippen molar-refractivity contribution in [3.63, 3.8) is 0 Å². The Morgan fingerprint density at radius 3 is 3.11 bits per heavy atom. The van der Waals surface area contributed by atoms with Crippen LogP contribution in [0.25, 0.3) is 0 Å². The first-order chi connectivity index (χ1) is 8.74. The zero-order valence-electron chi connectivity index (χ0n) is 10.7. The monoisotopic (exact) mass is 268 g/mol. The highest BCUT2D eigenvalue weighted by molar-refractivity contribution is 7.10. The minimum Gasteiger partial charge on any atom is -0.381 e. The maximum Gasteiger partial charge on any atom is 0.228 e. The smallest absolute Gasteiger partial charge is 0.228 e. The molecule has 0 unspecified atom stereocenters. The van der Waals surface area contributed by atoms with Crippen molar-refractivity contribution in [3.05, 3.63) is 22.4 Å². The van der Waals surface area contributed by atoms with Crippen LogP contribution in [0.1, 0.15) is 17.7 Å². The molecule has 0 aliphatic carbocycles. The number of nitrogens with zero attached hydrogens (tertiary/aromatic N) is 1. The van der Waals surface area contributed by atoms with Gasteiger partial charge in [0, 0.05) is 31.1 Å². The lowest BCUT2D eigenvalue weighted by Gasteiger charge is -2.38. The molecule has 1 fully saturated rings. The first-order valence-corrected chi connectivity index (χ1v) is 7.17. The summed E-state index contributed by atoms with van der Waals surface area (Å²) in [5, 5.41) is 2.00. The van der Waals surface area contributed by atoms with Gasteiger partial charge in [-0.05, 0) is 24.3 Å². The van der Waals surface area contributed by atoms with Gasteiger partial charge in [0.05, 0.1) is 12.5 Å². The van der Waals surface area contributed by atoms with Crippen LogP contribution in [-0.4, -0.2) is 43.2 Å². The van der Waals surface area contributed by atoms with E-state index in [1.165, 1.54) is 0 Å². The molecular weight excluding hydrogens is 248 g/mol. The van der Waals surface area contributed by atoms with Gasteiger partial charge in [0.1, 0.15) is 0 Å². The lowest BCUT2D eigenvalue weighted by atomic mass is 9.99. The summed E-state index contributed by atoms with van der Waals surface area (Å²) in [4.78, 5) is 15.3. The second-order valence-electron chi connectivity index (χ2n) is 4.61. The number of piperidine rings is 1. The maximum atomic E-state index is 12.3. The Kier molecular flexibility index (Phi) is 4.74. The summed E-state index contributed by atoms with van der Waals surface area (Å²) in [7, 11) is 1.72. The van der Waals surface area contributed by atoms with Gasteiger partial charge in [-0.3, -0.25) is 4.79 Å². The Labute approximate surface area is 112 Å². The number of nitrogens with two attached hydrogens (primary N) is 1. The minimum absolute atomic E-state index is 0.121. The molecule has 0 radical (unpaired) electrons. The number of carbonyl (C=O) groups excluding carboxylic acids is 1. The van der Waals surface area contributed by atoms with Crippen LogP contribution < -0.4 is 5.73 Å². The highest BCUT2D eigenvalue weighted by atomic mass is 32.1. The van der Waals surface area contributed by atoms with Crippen LogP contribution >= 0.6 is 11.3 Å². The van der Waals surface area contributed by atoms with Crippen LogP contribution in [0.4, 0.5) is 0 Å². The molecule has 1 aromatic rings. The van der Waals surface area contributed by atoms with Crippen molar-refractivity contribution in [1.82, 2.24) is 4.90 Å². The van der Waals surface area contributed by atoms with E-state index in [0.29, 0.717) is 13.0 Å². The van der Waals surface area contributed by atoms with Gasteiger partial charge in [0.15, 0.2) is 0 Å². The average Bonchev–Trinajstić information content (AvgIpc) is 2.90. The summed E-state index contributed by atoms with van der Waals surface area (Å²) >= 11 is 1.63. The number of thiophene rings is 1. The van der Waals surface area contributed by atoms with Crippen molar-refractivity contribution in [2.24, 2.45) is 5.73 Å². The average molecular weight is 268 g/mol. The Morgan fingerprint density at radius 1 is 1.67 bits per heavy atom. The predicted molar refractivity (Wildman–Crippen MR) is 72.6 cm³/mol. The van der Waals surface area contributed by atoms with E-state index in [9.17, 15) is 4.79 Å². The third-order valence-corrected chi connectivity index (χ3v) is 4.38. The fourth-order valence-corrected chi connectivity index (χ4v) is 3.14. The summed E-state index contributed by atoms with van der Waals surface area (Å²) in [5.74, 6) is 0.183. The van der Waals surface area contributed by atoms with Gasteiger partial charge in [-0.15, -0.1) is 11.3 Å². The van der Waals surface area contributed by atoms with Crippen LogP contribution in [0.15, 0.2) is 17.5 Å². The highest BCUT2D eigenvalue weighted by Crippen LogP contribution is 2.21. The Balaban J connectivity index is 1.96. The molecule has 1 amide bonds. The van der Waals surface area contributed by atoms with Crippen LogP contribution in [0.2, 0.25) is 0 Å². The minimum atomic E-state index is 0.121. The standard InChI is InChI=1S/C13H20N2O2S/c1-17-11-4-5-15(10(7-11)9-14)13(16)8-12-3-2-6-18-12/h2-3,6,10-11H,4-5,7-9,14H2,1H3/t10-,11+/m0/s1. The fourth-order valence-electron chi connectivity index (χ4n) is 2.44. The summed E-state index contributed by atoms with van der Waals surface area (Å²) in [6, 6.07) is 4.10. The second-order valence-corrected chi connectivity index (χ2v) is 5.65. The third-order valence-electron chi connectivity index (χ3n) is 3.50. The molecule has 0 aromatic carbocycles. The van der Waals surface area contributed by atoms with Gasteiger partial charge < -0.3 is 15.4 Å². The molecule has 100 valence electrons. The van der Waals surface area contributed by atoms with E-state index < -0.39 is 0 Å². The van der Waals surface area contributed by atoms with Crippen LogP contribution in [0.3, 0.4) is 0 Å². The van der Waals surface area contributed by atoms with Crippen LogP contribution in [0.5, 0.6) is 0 Å². The molecule has 18 heavy (non-hydrogen) atoms. The van der Waals surface area contributed by atoms with E-state index in [2.05, 4.69) is 0 Å². The lowest BCUT2D eigenvalue weighted by molar-refractivity contribution is -0.136. The number of amides is 1. The molecule has 1 aliphatic rings. The van der Waals surface area contributed by atoms with Crippen molar-refractivity contribution in [2.75, 3.05) is 20.2 Å². The predicted octanol–water partition coefficient (Wildman–Crippen LogP) is 1.26. The number of methoxy groups -OCH3 is 1. The number of likely N-dealkylation sites (tertiary alicyclic amines) is 1. The zero-order chi connectivity index (χ0) is 13.0. The van der Waals surface area contributed by atoms with Crippen molar-refractivity contribution in [1.29, 1.82) is 0 Å². The molecule has 0 spiro atoms. The van der Waals surface area contributed by atoms with E-state index in [1.54, 1.807) is 18.4 Å². The molecule has 0 bridgehead atoms. The van der Waals surface area contributed by atoms with Crippen molar-refractivity contribution < 1.29 is 9.53 Å². The molecule has 0 saturated carbocycles. The molecule has 2 rings (SSSR count). The molecule has 1 aliphatic heterocycles. The third kappa shape index (κ3) is 3.10. The van der Waals surface area contributed by atoms with E-state index in [0.717, 1.165) is 24.3 Å². The highest BCUT2D eigenvalue weighted by Gasteiger charge is 2.30. The Bertz CT molecular complexity index is 380. The number of rotatable bonds is 4. The van der Waals surface area contributed by atoms with Crippen molar-refractivity contribution in [2.45, 2.75) is 31.4 Å². The van der Waals surface area contributed by atoms with Crippen molar-refractivity contribution in [3.8, 4) is 0 Å². The van der Waals surface area contributed by atoms with Gasteiger partial charge in [-0.1, -0.05) is 6.07 Å². The first kappa shape index (κ1) is 13.5.